The fourth-order valence-electron chi connectivity index (χ4n) is 1.22. The third kappa shape index (κ3) is 2.75. The summed E-state index contributed by atoms with van der Waals surface area (Å²) in [6, 6.07) is 7.95. The van der Waals surface area contributed by atoms with E-state index in [0.29, 0.717) is 5.56 Å². The number of nitrogens with one attached hydrogen (secondary N) is 2. The van der Waals surface area contributed by atoms with Gasteiger partial charge in [-0.2, -0.15) is 5.26 Å². The quantitative estimate of drug-likeness (QED) is 0.706. The maximum atomic E-state index is 8.86. The van der Waals surface area contributed by atoms with Gasteiger partial charge >= 0.3 is 0 Å². The van der Waals surface area contributed by atoms with Crippen molar-refractivity contribution < 1.29 is 0 Å². The van der Waals surface area contributed by atoms with Crippen LogP contribution in [-0.2, 0) is 0 Å². The molecule has 74 valence electrons. The standard InChI is InChI=1S/C11H15N3/c1-9-3-4-10(8-12)11(7-9)14-6-5-13-2/h3-4,7,13-14H,5-6H2,1-2H3. The number of nitriles is 1. The second kappa shape index (κ2) is 5.25. The van der Waals surface area contributed by atoms with Crippen molar-refractivity contribution in [2.75, 3.05) is 25.5 Å². The Labute approximate surface area is 84.7 Å². The van der Waals surface area contributed by atoms with E-state index in [0.717, 1.165) is 24.3 Å². The molecule has 0 unspecified atom stereocenters. The number of rotatable bonds is 4. The summed E-state index contributed by atoms with van der Waals surface area (Å²) in [7, 11) is 1.91. The Kier molecular flexibility index (Phi) is 3.96. The minimum Gasteiger partial charge on any atom is -0.383 e. The molecular weight excluding hydrogens is 174 g/mol. The molecule has 0 aliphatic rings. The molecule has 0 amide bonds. The molecule has 0 saturated heterocycles. The summed E-state index contributed by atoms with van der Waals surface area (Å²) in [5, 5.41) is 15.1. The predicted molar refractivity (Wildman–Crippen MR) is 58.3 cm³/mol. The second-order valence-corrected chi connectivity index (χ2v) is 3.19. The van der Waals surface area contributed by atoms with Crippen molar-refractivity contribution in [2.45, 2.75) is 6.92 Å². The van der Waals surface area contributed by atoms with Gasteiger partial charge in [0, 0.05) is 13.1 Å². The highest BCUT2D eigenvalue weighted by atomic mass is 14.9. The molecule has 0 saturated carbocycles. The molecule has 3 heteroatoms. The van der Waals surface area contributed by atoms with Crippen LogP contribution in [0.25, 0.3) is 0 Å². The van der Waals surface area contributed by atoms with Gasteiger partial charge in [0.15, 0.2) is 0 Å². The summed E-state index contributed by atoms with van der Waals surface area (Å²) >= 11 is 0. The summed E-state index contributed by atoms with van der Waals surface area (Å²) in [4.78, 5) is 0. The van der Waals surface area contributed by atoms with Crippen LogP contribution in [0.2, 0.25) is 0 Å². The Hall–Kier alpha value is -1.53. The van der Waals surface area contributed by atoms with Crippen LogP contribution >= 0.6 is 0 Å². The molecule has 1 rings (SSSR count). The van der Waals surface area contributed by atoms with E-state index in [1.807, 2.05) is 32.2 Å². The summed E-state index contributed by atoms with van der Waals surface area (Å²) in [6.45, 7) is 3.73. The first-order valence-electron chi connectivity index (χ1n) is 4.67. The van der Waals surface area contributed by atoms with E-state index in [1.165, 1.54) is 0 Å². The molecule has 2 N–H and O–H groups in total. The molecule has 0 atom stereocenters. The van der Waals surface area contributed by atoms with Crippen molar-refractivity contribution in [1.82, 2.24) is 5.32 Å². The van der Waals surface area contributed by atoms with Crippen LogP contribution in [0.15, 0.2) is 18.2 Å². The lowest BCUT2D eigenvalue weighted by molar-refractivity contribution is 0.823. The van der Waals surface area contributed by atoms with Gasteiger partial charge in [-0.3, -0.25) is 0 Å². The van der Waals surface area contributed by atoms with Gasteiger partial charge in [-0.1, -0.05) is 6.07 Å². The number of anilines is 1. The molecule has 3 nitrogen and oxygen atoms in total. The lowest BCUT2D eigenvalue weighted by Gasteiger charge is -2.08. The molecule has 1 aromatic rings. The molecule has 14 heavy (non-hydrogen) atoms. The van der Waals surface area contributed by atoms with E-state index in [4.69, 9.17) is 5.26 Å². The van der Waals surface area contributed by atoms with Gasteiger partial charge in [-0.25, -0.2) is 0 Å². The molecule has 0 fully saturated rings. The average Bonchev–Trinajstić information content (AvgIpc) is 2.19. The van der Waals surface area contributed by atoms with Crippen molar-refractivity contribution in [1.29, 1.82) is 5.26 Å². The van der Waals surface area contributed by atoms with Crippen molar-refractivity contribution in [3.8, 4) is 6.07 Å². The molecule has 0 radical (unpaired) electrons. The van der Waals surface area contributed by atoms with Crippen LogP contribution in [0.3, 0.4) is 0 Å². The van der Waals surface area contributed by atoms with Crippen LogP contribution < -0.4 is 10.6 Å². The van der Waals surface area contributed by atoms with Crippen molar-refractivity contribution >= 4 is 5.69 Å². The Morgan fingerprint density at radius 3 is 2.79 bits per heavy atom. The highest BCUT2D eigenvalue weighted by Crippen LogP contribution is 2.15. The fraction of sp³-hybridized carbons (Fsp3) is 0.364. The van der Waals surface area contributed by atoms with Crippen LogP contribution in [0.1, 0.15) is 11.1 Å². The number of benzene rings is 1. The van der Waals surface area contributed by atoms with Crippen LogP contribution in [0.4, 0.5) is 5.69 Å². The minimum atomic E-state index is 0.701. The number of hydrogen-bond acceptors (Lipinski definition) is 3. The van der Waals surface area contributed by atoms with E-state index >= 15 is 0 Å². The fourth-order valence-corrected chi connectivity index (χ4v) is 1.22. The lowest BCUT2D eigenvalue weighted by Crippen LogP contribution is -2.18. The lowest BCUT2D eigenvalue weighted by atomic mass is 10.1. The van der Waals surface area contributed by atoms with Gasteiger partial charge in [-0.05, 0) is 31.7 Å². The average molecular weight is 189 g/mol. The third-order valence-corrected chi connectivity index (χ3v) is 1.99. The van der Waals surface area contributed by atoms with Gasteiger partial charge in [0.2, 0.25) is 0 Å². The summed E-state index contributed by atoms with van der Waals surface area (Å²) in [6.07, 6.45) is 0. The first-order valence-corrected chi connectivity index (χ1v) is 4.67. The highest BCUT2D eigenvalue weighted by molar-refractivity contribution is 5.58. The predicted octanol–water partition coefficient (Wildman–Crippen LogP) is 1.50. The Balaban J connectivity index is 2.73. The zero-order chi connectivity index (χ0) is 10.4. The summed E-state index contributed by atoms with van der Waals surface area (Å²) < 4.78 is 0. The Morgan fingerprint density at radius 2 is 2.14 bits per heavy atom. The van der Waals surface area contributed by atoms with E-state index in [1.54, 1.807) is 0 Å². The number of nitrogens with zero attached hydrogens (tertiary/aromatic N) is 1. The monoisotopic (exact) mass is 189 g/mol. The molecule has 0 aromatic heterocycles. The molecular formula is C11H15N3. The van der Waals surface area contributed by atoms with Gasteiger partial charge in [0.25, 0.3) is 0 Å². The third-order valence-electron chi connectivity index (χ3n) is 1.99. The van der Waals surface area contributed by atoms with Crippen molar-refractivity contribution in [2.24, 2.45) is 0 Å². The topological polar surface area (TPSA) is 47.8 Å². The first kappa shape index (κ1) is 10.6. The summed E-state index contributed by atoms with van der Waals surface area (Å²) in [5.41, 5.74) is 2.78. The smallest absolute Gasteiger partial charge is 0.101 e. The van der Waals surface area contributed by atoms with E-state index in [-0.39, 0.29) is 0 Å². The second-order valence-electron chi connectivity index (χ2n) is 3.19. The summed E-state index contributed by atoms with van der Waals surface area (Å²) in [5.74, 6) is 0. The maximum Gasteiger partial charge on any atom is 0.101 e. The van der Waals surface area contributed by atoms with Crippen LogP contribution in [0, 0.1) is 18.3 Å². The zero-order valence-corrected chi connectivity index (χ0v) is 8.59. The number of likely N-dealkylation sites (N-methyl/N-ethyl adjacent to an activating group) is 1. The van der Waals surface area contributed by atoms with E-state index in [2.05, 4.69) is 16.7 Å². The van der Waals surface area contributed by atoms with Crippen molar-refractivity contribution in [3.05, 3.63) is 29.3 Å². The number of aryl methyl sites for hydroxylation is 1. The molecule has 0 spiro atoms. The maximum absolute atomic E-state index is 8.86. The molecule has 0 bridgehead atoms. The van der Waals surface area contributed by atoms with Crippen LogP contribution in [-0.4, -0.2) is 20.1 Å². The highest BCUT2D eigenvalue weighted by Gasteiger charge is 2.00. The SMILES string of the molecule is CNCCNc1cc(C)ccc1C#N. The molecule has 0 aliphatic heterocycles. The van der Waals surface area contributed by atoms with Gasteiger partial charge in [0.05, 0.1) is 11.3 Å². The van der Waals surface area contributed by atoms with Crippen molar-refractivity contribution in [3.63, 3.8) is 0 Å². The van der Waals surface area contributed by atoms with E-state index < -0.39 is 0 Å². The Morgan fingerprint density at radius 1 is 1.36 bits per heavy atom. The largest absolute Gasteiger partial charge is 0.383 e. The van der Waals surface area contributed by atoms with Gasteiger partial charge in [0.1, 0.15) is 6.07 Å². The van der Waals surface area contributed by atoms with Gasteiger partial charge < -0.3 is 10.6 Å². The molecule has 0 aliphatic carbocycles. The molecule has 0 heterocycles. The Bertz CT molecular complexity index is 339. The van der Waals surface area contributed by atoms with E-state index in [9.17, 15) is 0 Å². The number of hydrogen-bond donors (Lipinski definition) is 2. The zero-order valence-electron chi connectivity index (χ0n) is 8.59. The first-order chi connectivity index (χ1) is 6.77. The normalized spacial score (nSPS) is 9.50. The molecule has 1 aromatic carbocycles. The minimum absolute atomic E-state index is 0.701. The van der Waals surface area contributed by atoms with Crippen LogP contribution in [0.5, 0.6) is 0 Å². The van der Waals surface area contributed by atoms with Gasteiger partial charge in [-0.15, -0.1) is 0 Å².